The van der Waals surface area contributed by atoms with Gasteiger partial charge in [-0.25, -0.2) is 4.79 Å². The zero-order valence-electron chi connectivity index (χ0n) is 7.21. The summed E-state index contributed by atoms with van der Waals surface area (Å²) in [6.45, 7) is 0.575. The molecular formula is C7H11F3N2O2. The molecule has 0 rings (SSSR count). The minimum atomic E-state index is -5.08. The van der Waals surface area contributed by atoms with Gasteiger partial charge in [0.15, 0.2) is 0 Å². The summed E-state index contributed by atoms with van der Waals surface area (Å²) in [5.41, 5.74) is 10.4. The number of carbonyl (C=O) groups is 1. The highest BCUT2D eigenvalue weighted by atomic mass is 19.4. The summed E-state index contributed by atoms with van der Waals surface area (Å²) >= 11 is 0. The fraction of sp³-hybridized carbons (Fsp3) is 0.571. The van der Waals surface area contributed by atoms with Crippen LogP contribution < -0.4 is 11.5 Å². The van der Waals surface area contributed by atoms with Crippen molar-refractivity contribution >= 4 is 5.97 Å². The Morgan fingerprint density at radius 2 is 1.93 bits per heavy atom. The molecule has 0 aromatic rings. The highest BCUT2D eigenvalue weighted by molar-refractivity contribution is 5.73. The Morgan fingerprint density at radius 1 is 1.57 bits per heavy atom. The van der Waals surface area contributed by atoms with E-state index in [1.807, 2.05) is 0 Å². The van der Waals surface area contributed by atoms with Crippen molar-refractivity contribution in [2.45, 2.75) is 18.6 Å². The lowest BCUT2D eigenvalue weighted by Crippen LogP contribution is -2.21. The van der Waals surface area contributed by atoms with Gasteiger partial charge in [0.1, 0.15) is 0 Å². The van der Waals surface area contributed by atoms with Crippen LogP contribution in [0.3, 0.4) is 0 Å². The van der Waals surface area contributed by atoms with Crippen LogP contribution in [0.25, 0.3) is 0 Å². The number of nitrogens with two attached hydrogens (primary N) is 2. The summed E-state index contributed by atoms with van der Waals surface area (Å²) in [6.07, 6.45) is 0.563. The Bertz CT molecular complexity index is 210. The Hall–Kier alpha value is -1.26. The average Bonchev–Trinajstić information content (AvgIpc) is 2.04. The fourth-order valence-corrected chi connectivity index (χ4v) is 0.263. The first-order chi connectivity index (χ1) is 6.25. The molecule has 0 unspecified atom stereocenters. The number of carboxylic acids is 1. The molecule has 0 saturated carbocycles. The van der Waals surface area contributed by atoms with E-state index in [9.17, 15) is 13.2 Å². The summed E-state index contributed by atoms with van der Waals surface area (Å²) in [5.74, 6) is -0.393. The third-order valence-electron chi connectivity index (χ3n) is 0.934. The fourth-order valence-electron chi connectivity index (χ4n) is 0.263. The normalized spacial score (nSPS) is 12.0. The summed E-state index contributed by atoms with van der Waals surface area (Å²) in [5, 5.41) is 7.12. The lowest BCUT2D eigenvalue weighted by molar-refractivity contribution is -0.192. The van der Waals surface area contributed by atoms with Crippen molar-refractivity contribution in [3.63, 3.8) is 0 Å². The maximum atomic E-state index is 10.6. The topological polar surface area (TPSA) is 89.3 Å². The van der Waals surface area contributed by atoms with Crippen LogP contribution in [-0.4, -0.2) is 29.8 Å². The van der Waals surface area contributed by atoms with E-state index in [1.165, 1.54) is 0 Å². The Labute approximate surface area is 79.1 Å². The minimum Gasteiger partial charge on any atom is -0.475 e. The van der Waals surface area contributed by atoms with Gasteiger partial charge in [-0.05, 0) is 13.0 Å². The molecule has 0 spiro atoms. The molecule has 14 heavy (non-hydrogen) atoms. The van der Waals surface area contributed by atoms with Gasteiger partial charge >= 0.3 is 12.1 Å². The van der Waals surface area contributed by atoms with Crippen molar-refractivity contribution < 1.29 is 23.1 Å². The molecule has 0 saturated heterocycles. The Balaban J connectivity index is 0. The minimum absolute atomic E-state index is 0.148. The lowest BCUT2D eigenvalue weighted by Gasteiger charge is -1.96. The van der Waals surface area contributed by atoms with E-state index in [0.717, 1.165) is 6.42 Å². The van der Waals surface area contributed by atoms with Gasteiger partial charge in [-0.1, -0.05) is 5.92 Å². The lowest BCUT2D eigenvalue weighted by atomic mass is 10.2. The molecule has 1 atom stereocenters. The molecule has 7 heteroatoms. The predicted molar refractivity (Wildman–Crippen MR) is 44.2 cm³/mol. The van der Waals surface area contributed by atoms with Gasteiger partial charge in [-0.3, -0.25) is 0 Å². The first kappa shape index (κ1) is 15.2. The van der Waals surface area contributed by atoms with Crippen LogP contribution in [-0.2, 0) is 4.79 Å². The number of rotatable bonds is 2. The van der Waals surface area contributed by atoms with Gasteiger partial charge in [-0.2, -0.15) is 13.2 Å². The Morgan fingerprint density at radius 3 is 2.00 bits per heavy atom. The number of terminal acetylenes is 1. The van der Waals surface area contributed by atoms with Gasteiger partial charge in [0.05, 0.1) is 6.04 Å². The molecule has 0 aliphatic rings. The van der Waals surface area contributed by atoms with Crippen molar-refractivity contribution in [3.8, 4) is 12.3 Å². The average molecular weight is 212 g/mol. The standard InChI is InChI=1S/C5H10N2.C2HF3O2/c1-2-5(7)3-4-6;3-2(4,5)1(6)7/h1,5H,3-4,6-7H2;(H,6,7)/t5-;/m1./s1. The van der Waals surface area contributed by atoms with Crippen LogP contribution in [0.2, 0.25) is 0 Å². The van der Waals surface area contributed by atoms with E-state index in [-0.39, 0.29) is 6.04 Å². The second-order valence-corrected chi connectivity index (χ2v) is 2.15. The van der Waals surface area contributed by atoms with Crippen molar-refractivity contribution in [1.82, 2.24) is 0 Å². The summed E-state index contributed by atoms with van der Waals surface area (Å²) in [7, 11) is 0. The summed E-state index contributed by atoms with van der Waals surface area (Å²) in [4.78, 5) is 8.90. The van der Waals surface area contributed by atoms with Gasteiger partial charge in [0, 0.05) is 0 Å². The second kappa shape index (κ2) is 7.17. The van der Waals surface area contributed by atoms with Crippen LogP contribution >= 0.6 is 0 Å². The number of hydrogen-bond acceptors (Lipinski definition) is 3. The van der Waals surface area contributed by atoms with Crippen LogP contribution in [0.15, 0.2) is 0 Å². The maximum absolute atomic E-state index is 10.6. The number of halogens is 3. The van der Waals surface area contributed by atoms with Crippen LogP contribution in [0.5, 0.6) is 0 Å². The van der Waals surface area contributed by atoms with E-state index in [0.29, 0.717) is 6.54 Å². The molecule has 4 nitrogen and oxygen atoms in total. The quantitative estimate of drug-likeness (QED) is 0.559. The van der Waals surface area contributed by atoms with E-state index in [2.05, 4.69) is 5.92 Å². The van der Waals surface area contributed by atoms with Crippen molar-refractivity contribution in [3.05, 3.63) is 0 Å². The van der Waals surface area contributed by atoms with Crippen LogP contribution in [0.1, 0.15) is 6.42 Å². The number of hydrogen-bond donors (Lipinski definition) is 3. The van der Waals surface area contributed by atoms with E-state index < -0.39 is 12.1 Å². The van der Waals surface area contributed by atoms with Crippen LogP contribution in [0.4, 0.5) is 13.2 Å². The highest BCUT2D eigenvalue weighted by Gasteiger charge is 2.38. The smallest absolute Gasteiger partial charge is 0.475 e. The number of aliphatic carboxylic acids is 1. The van der Waals surface area contributed by atoms with Crippen molar-refractivity contribution in [1.29, 1.82) is 0 Å². The van der Waals surface area contributed by atoms with Crippen molar-refractivity contribution in [2.75, 3.05) is 6.54 Å². The largest absolute Gasteiger partial charge is 0.490 e. The first-order valence-corrected chi connectivity index (χ1v) is 3.47. The molecule has 0 heterocycles. The third kappa shape index (κ3) is 10.7. The molecule has 0 aromatic heterocycles. The molecule has 0 aliphatic carbocycles. The van der Waals surface area contributed by atoms with Gasteiger partial charge in [0.2, 0.25) is 0 Å². The van der Waals surface area contributed by atoms with Gasteiger partial charge in [0.25, 0.3) is 0 Å². The van der Waals surface area contributed by atoms with Gasteiger partial charge < -0.3 is 16.6 Å². The predicted octanol–water partition coefficient (Wildman–Crippen LogP) is -0.0710. The SMILES string of the molecule is C#C[C@@H](N)CCN.O=C(O)C(F)(F)F. The number of carboxylic acid groups (broad SMARTS) is 1. The van der Waals surface area contributed by atoms with E-state index in [1.54, 1.807) is 0 Å². The molecule has 0 amide bonds. The monoisotopic (exact) mass is 212 g/mol. The second-order valence-electron chi connectivity index (χ2n) is 2.15. The maximum Gasteiger partial charge on any atom is 0.490 e. The molecule has 0 bridgehead atoms. The van der Waals surface area contributed by atoms with Crippen molar-refractivity contribution in [2.24, 2.45) is 11.5 Å². The molecule has 0 fully saturated rings. The van der Waals surface area contributed by atoms with E-state index in [4.69, 9.17) is 27.8 Å². The number of alkyl halides is 3. The van der Waals surface area contributed by atoms with E-state index >= 15 is 0 Å². The van der Waals surface area contributed by atoms with Gasteiger partial charge in [-0.15, -0.1) is 6.42 Å². The molecule has 82 valence electrons. The molecule has 5 N–H and O–H groups in total. The highest BCUT2D eigenvalue weighted by Crippen LogP contribution is 2.13. The Kier molecular flexibility index (Phi) is 7.80. The molecule has 0 aromatic carbocycles. The first-order valence-electron chi connectivity index (χ1n) is 3.47. The molecule has 0 radical (unpaired) electrons. The molecular weight excluding hydrogens is 201 g/mol. The van der Waals surface area contributed by atoms with Crippen LogP contribution in [0, 0.1) is 12.3 Å². The molecule has 0 aliphatic heterocycles. The zero-order chi connectivity index (χ0) is 11.8. The third-order valence-corrected chi connectivity index (χ3v) is 0.934. The summed E-state index contributed by atoms with van der Waals surface area (Å²) < 4.78 is 31.7. The summed E-state index contributed by atoms with van der Waals surface area (Å²) in [6, 6.07) is -0.148. The zero-order valence-corrected chi connectivity index (χ0v) is 7.21.